The zero-order chi connectivity index (χ0) is 19.4. The van der Waals surface area contributed by atoms with E-state index in [9.17, 15) is 8.42 Å². The van der Waals surface area contributed by atoms with Gasteiger partial charge >= 0.3 is 0 Å². The number of halogens is 1. The highest BCUT2D eigenvalue weighted by Gasteiger charge is 2.18. The van der Waals surface area contributed by atoms with Crippen LogP contribution in [-0.2, 0) is 23.0 Å². The minimum absolute atomic E-state index is 0. The van der Waals surface area contributed by atoms with Crippen LogP contribution in [0.5, 0.6) is 0 Å². The number of unbranched alkanes of at least 4 members (excludes halogenated alkanes) is 1. The highest BCUT2D eigenvalue weighted by atomic mass is 35.5. The normalized spacial score (nSPS) is 14.3. The van der Waals surface area contributed by atoms with E-state index in [2.05, 4.69) is 39.0 Å². The van der Waals surface area contributed by atoms with Gasteiger partial charge in [-0.1, -0.05) is 29.4 Å². The first kappa shape index (κ1) is 22.0. The summed E-state index contributed by atoms with van der Waals surface area (Å²) < 4.78 is 33.0. The summed E-state index contributed by atoms with van der Waals surface area (Å²) in [6, 6.07) is 13.7. The quantitative estimate of drug-likeness (QED) is 0.523. The van der Waals surface area contributed by atoms with Crippen molar-refractivity contribution in [3.63, 3.8) is 0 Å². The molecule has 3 aromatic rings. The van der Waals surface area contributed by atoms with E-state index in [0.29, 0.717) is 16.5 Å². The first-order valence-corrected chi connectivity index (χ1v) is 11.7. The number of rotatable bonds is 8. The van der Waals surface area contributed by atoms with Gasteiger partial charge in [0.1, 0.15) is 4.21 Å². The molecule has 1 aliphatic rings. The number of hydrogen-bond donors (Lipinski definition) is 1. The Bertz CT molecular complexity index is 1020. The molecule has 0 spiro atoms. The molecule has 1 N–H and O–H groups in total. The Hall–Kier alpha value is -1.71. The molecule has 29 heavy (non-hydrogen) atoms. The predicted octanol–water partition coefficient (Wildman–Crippen LogP) is 3.94. The number of benzene rings is 1. The molecule has 1 aliphatic heterocycles. The lowest BCUT2D eigenvalue weighted by Gasteiger charge is -2.28. The summed E-state index contributed by atoms with van der Waals surface area (Å²) in [6.45, 7) is 3.50. The molecule has 0 atom stereocenters. The molecule has 0 aliphatic carbocycles. The Balaban J connectivity index is 0.00000240. The third-order valence-electron chi connectivity index (χ3n) is 4.93. The summed E-state index contributed by atoms with van der Waals surface area (Å²) in [4.78, 5) is 3.20. The van der Waals surface area contributed by atoms with Gasteiger partial charge in [0, 0.05) is 25.7 Å². The maximum Gasteiger partial charge on any atom is 0.250 e. The van der Waals surface area contributed by atoms with Crippen molar-refractivity contribution in [1.82, 2.24) is 14.8 Å². The van der Waals surface area contributed by atoms with Crippen molar-refractivity contribution < 1.29 is 12.9 Å². The number of fused-ring (bicyclic) bond motifs is 1. The number of nitrogens with zero attached hydrogens (tertiary/aromatic N) is 2. The fourth-order valence-electron chi connectivity index (χ4n) is 3.42. The largest absolute Gasteiger partial charge is 0.355 e. The summed E-state index contributed by atoms with van der Waals surface area (Å²) in [7, 11) is -3.48. The van der Waals surface area contributed by atoms with Gasteiger partial charge in [-0.15, -0.1) is 23.7 Å². The molecule has 156 valence electrons. The topological polar surface area (TPSA) is 75.4 Å². The Morgan fingerprint density at radius 2 is 1.93 bits per heavy atom. The van der Waals surface area contributed by atoms with E-state index in [1.807, 2.05) is 0 Å². The van der Waals surface area contributed by atoms with Gasteiger partial charge in [-0.2, -0.15) is 0 Å². The van der Waals surface area contributed by atoms with Crippen LogP contribution in [0.2, 0.25) is 0 Å². The molecular weight excluding hydrogens is 430 g/mol. The fraction of sp³-hybridized carbons (Fsp3) is 0.350. The van der Waals surface area contributed by atoms with Crippen LogP contribution in [0.4, 0.5) is 0 Å². The molecule has 0 fully saturated rings. The monoisotopic (exact) mass is 453 g/mol. The van der Waals surface area contributed by atoms with Crippen LogP contribution in [0.1, 0.15) is 24.0 Å². The van der Waals surface area contributed by atoms with Crippen LogP contribution in [0.25, 0.3) is 10.6 Å². The number of nitrogens with one attached hydrogen (secondary N) is 1. The molecule has 0 bridgehead atoms. The minimum Gasteiger partial charge on any atom is -0.355 e. The summed E-state index contributed by atoms with van der Waals surface area (Å²) in [5, 5.41) is 3.65. The Labute approximate surface area is 181 Å². The van der Waals surface area contributed by atoms with Crippen molar-refractivity contribution in [2.24, 2.45) is 0 Å². The van der Waals surface area contributed by atoms with E-state index in [0.717, 1.165) is 43.8 Å². The lowest BCUT2D eigenvalue weighted by molar-refractivity contribution is 0.249. The van der Waals surface area contributed by atoms with Crippen molar-refractivity contribution in [2.45, 2.75) is 30.0 Å². The van der Waals surface area contributed by atoms with Crippen LogP contribution in [0, 0.1) is 0 Å². The summed E-state index contributed by atoms with van der Waals surface area (Å²) in [5.41, 5.74) is 2.86. The standard InChI is InChI=1S/C20H23N3O3S2.ClH/c24-28(25,20-8-7-19(27-20)18-9-12-21-26-18)22-11-3-4-13-23-14-10-16-5-1-2-6-17(16)15-23;/h1-2,5-9,12,22H,3-4,10-11,13-15H2;1H. The van der Waals surface area contributed by atoms with Gasteiger partial charge in [0.25, 0.3) is 0 Å². The molecule has 0 unspecified atom stereocenters. The van der Waals surface area contributed by atoms with Crippen molar-refractivity contribution in [3.05, 3.63) is 59.8 Å². The Morgan fingerprint density at radius 1 is 1.10 bits per heavy atom. The molecule has 6 nitrogen and oxygen atoms in total. The highest BCUT2D eigenvalue weighted by Crippen LogP contribution is 2.30. The molecule has 9 heteroatoms. The average Bonchev–Trinajstić information content (AvgIpc) is 3.39. The maximum absolute atomic E-state index is 12.5. The van der Waals surface area contributed by atoms with Crippen molar-refractivity contribution in [3.8, 4) is 10.6 Å². The summed E-state index contributed by atoms with van der Waals surface area (Å²) in [6.07, 6.45) is 4.42. The molecule has 3 heterocycles. The van der Waals surface area contributed by atoms with Crippen LogP contribution >= 0.6 is 23.7 Å². The van der Waals surface area contributed by atoms with E-state index < -0.39 is 10.0 Å². The van der Waals surface area contributed by atoms with Gasteiger partial charge in [-0.05, 0) is 49.1 Å². The molecule has 0 amide bonds. The number of hydrogen-bond acceptors (Lipinski definition) is 6. The van der Waals surface area contributed by atoms with E-state index in [1.54, 1.807) is 24.4 Å². The zero-order valence-electron chi connectivity index (χ0n) is 15.9. The van der Waals surface area contributed by atoms with Gasteiger partial charge in [-0.25, -0.2) is 13.1 Å². The maximum atomic E-state index is 12.5. The summed E-state index contributed by atoms with van der Waals surface area (Å²) in [5.74, 6) is 0.578. The molecule has 0 saturated carbocycles. The lowest BCUT2D eigenvalue weighted by Crippen LogP contribution is -2.32. The van der Waals surface area contributed by atoms with Gasteiger partial charge in [0.15, 0.2) is 5.76 Å². The Morgan fingerprint density at radius 3 is 2.72 bits per heavy atom. The average molecular weight is 454 g/mol. The van der Waals surface area contributed by atoms with Crippen LogP contribution in [0.3, 0.4) is 0 Å². The SMILES string of the molecule is Cl.O=S(=O)(NCCCCN1CCc2ccccc2C1)c1ccc(-c2ccno2)s1. The van der Waals surface area contributed by atoms with Gasteiger partial charge < -0.3 is 4.52 Å². The third kappa shape index (κ3) is 5.46. The van der Waals surface area contributed by atoms with Crippen LogP contribution in [-0.4, -0.2) is 38.1 Å². The molecular formula is C20H24ClN3O3S2. The van der Waals surface area contributed by atoms with Gasteiger partial charge in [0.05, 0.1) is 11.1 Å². The number of thiophene rings is 1. The fourth-order valence-corrected chi connectivity index (χ4v) is 5.81. The van der Waals surface area contributed by atoms with Crippen molar-refractivity contribution in [2.75, 3.05) is 19.6 Å². The van der Waals surface area contributed by atoms with E-state index in [-0.39, 0.29) is 12.4 Å². The van der Waals surface area contributed by atoms with Crippen LogP contribution in [0.15, 0.2) is 57.4 Å². The summed E-state index contributed by atoms with van der Waals surface area (Å²) >= 11 is 1.19. The molecule has 0 saturated heterocycles. The van der Waals surface area contributed by atoms with E-state index in [1.165, 1.54) is 22.5 Å². The minimum atomic E-state index is -3.48. The van der Waals surface area contributed by atoms with E-state index in [4.69, 9.17) is 4.52 Å². The number of sulfonamides is 1. The first-order valence-electron chi connectivity index (χ1n) is 9.41. The zero-order valence-corrected chi connectivity index (χ0v) is 18.4. The van der Waals surface area contributed by atoms with Gasteiger partial charge in [-0.3, -0.25) is 4.90 Å². The van der Waals surface area contributed by atoms with Crippen molar-refractivity contribution >= 4 is 33.8 Å². The van der Waals surface area contributed by atoms with Crippen LogP contribution < -0.4 is 4.72 Å². The second kappa shape index (κ2) is 9.86. The van der Waals surface area contributed by atoms with E-state index >= 15 is 0 Å². The van der Waals surface area contributed by atoms with Crippen molar-refractivity contribution in [1.29, 1.82) is 0 Å². The Kier molecular flexibility index (Phi) is 7.48. The lowest BCUT2D eigenvalue weighted by atomic mass is 10.00. The predicted molar refractivity (Wildman–Crippen MR) is 117 cm³/mol. The molecule has 0 radical (unpaired) electrons. The van der Waals surface area contributed by atoms with Gasteiger partial charge in [0.2, 0.25) is 10.0 Å². The second-order valence-electron chi connectivity index (χ2n) is 6.90. The number of aromatic nitrogens is 1. The smallest absolute Gasteiger partial charge is 0.250 e. The first-order chi connectivity index (χ1) is 13.6. The molecule has 4 rings (SSSR count). The second-order valence-corrected chi connectivity index (χ2v) is 9.97. The third-order valence-corrected chi connectivity index (χ3v) is 7.98. The highest BCUT2D eigenvalue weighted by molar-refractivity contribution is 7.91. The molecule has 1 aromatic carbocycles. The molecule has 2 aromatic heterocycles.